The molecule has 26 heavy (non-hydrogen) atoms. The van der Waals surface area contributed by atoms with E-state index < -0.39 is 42.5 Å². The summed E-state index contributed by atoms with van der Waals surface area (Å²) in [5.74, 6) is -1.56. The molecule has 1 heterocycles. The van der Waals surface area contributed by atoms with Crippen LogP contribution < -0.4 is 0 Å². The lowest BCUT2D eigenvalue weighted by Gasteiger charge is -2.39. The molecule has 0 bridgehead atoms. The molecule has 1 aliphatic rings. The van der Waals surface area contributed by atoms with Crippen molar-refractivity contribution >= 4 is 17.9 Å². The molecular weight excluding hydrogens is 344 g/mol. The molecule has 142 valence electrons. The summed E-state index contributed by atoms with van der Waals surface area (Å²) in [6.45, 7) is 2.44. The highest BCUT2D eigenvalue weighted by molar-refractivity contribution is 5.89. The number of rotatable bonds is 6. The van der Waals surface area contributed by atoms with Crippen LogP contribution in [0, 0.1) is 0 Å². The number of carbonyl (C=O) groups is 3. The lowest BCUT2D eigenvalue weighted by Crippen LogP contribution is -2.53. The summed E-state index contributed by atoms with van der Waals surface area (Å²) < 4.78 is 26.6. The van der Waals surface area contributed by atoms with Crippen LogP contribution in [0.1, 0.15) is 30.6 Å². The van der Waals surface area contributed by atoms with E-state index in [1.165, 1.54) is 21.0 Å². The number of benzene rings is 1. The Bertz CT molecular complexity index is 629. The molecule has 1 saturated heterocycles. The molecule has 4 atom stereocenters. The molecule has 1 fully saturated rings. The minimum absolute atomic E-state index is 0.0574. The van der Waals surface area contributed by atoms with Crippen LogP contribution >= 0.6 is 0 Å². The van der Waals surface area contributed by atoms with Gasteiger partial charge in [-0.3, -0.25) is 9.59 Å². The van der Waals surface area contributed by atoms with Gasteiger partial charge in [-0.15, -0.1) is 0 Å². The van der Waals surface area contributed by atoms with Crippen molar-refractivity contribution in [3.8, 4) is 0 Å². The monoisotopic (exact) mass is 366 g/mol. The van der Waals surface area contributed by atoms with E-state index in [1.54, 1.807) is 30.3 Å². The van der Waals surface area contributed by atoms with Crippen molar-refractivity contribution in [2.24, 2.45) is 0 Å². The minimum Gasteiger partial charge on any atom is -0.459 e. The summed E-state index contributed by atoms with van der Waals surface area (Å²) in [7, 11) is 1.38. The predicted octanol–water partition coefficient (Wildman–Crippen LogP) is 1.47. The molecule has 0 saturated carbocycles. The first kappa shape index (κ1) is 19.9. The second kappa shape index (κ2) is 9.30. The number of ether oxygens (including phenoxy) is 5. The molecule has 0 aromatic heterocycles. The van der Waals surface area contributed by atoms with Gasteiger partial charge in [0.1, 0.15) is 12.7 Å². The summed E-state index contributed by atoms with van der Waals surface area (Å²) >= 11 is 0. The van der Waals surface area contributed by atoms with Gasteiger partial charge >= 0.3 is 17.9 Å². The van der Waals surface area contributed by atoms with Gasteiger partial charge in [0.05, 0.1) is 11.7 Å². The molecule has 8 heteroatoms. The number of methoxy groups -OCH3 is 1. The van der Waals surface area contributed by atoms with Crippen LogP contribution in [-0.4, -0.2) is 56.2 Å². The van der Waals surface area contributed by atoms with E-state index in [4.69, 9.17) is 23.7 Å². The molecular formula is C18H22O8. The van der Waals surface area contributed by atoms with Gasteiger partial charge in [0.2, 0.25) is 0 Å². The Kier molecular flexibility index (Phi) is 7.11. The quantitative estimate of drug-likeness (QED) is 0.551. The van der Waals surface area contributed by atoms with Gasteiger partial charge in [-0.2, -0.15) is 0 Å². The molecule has 2 rings (SSSR count). The fourth-order valence-electron chi connectivity index (χ4n) is 2.67. The SMILES string of the molecule is CO[C@H]1O[C@H](COC(=O)c2ccccc2)C[C@H](OC(C)=O)[C@H]1OC(C)=O. The molecule has 1 aromatic carbocycles. The van der Waals surface area contributed by atoms with E-state index >= 15 is 0 Å². The third kappa shape index (κ3) is 5.53. The largest absolute Gasteiger partial charge is 0.459 e. The molecule has 1 aliphatic heterocycles. The summed E-state index contributed by atoms with van der Waals surface area (Å²) in [5, 5.41) is 0. The summed E-state index contributed by atoms with van der Waals surface area (Å²) in [6.07, 6.45) is -3.00. The Hall–Kier alpha value is -2.45. The highest BCUT2D eigenvalue weighted by Gasteiger charge is 2.43. The fourth-order valence-corrected chi connectivity index (χ4v) is 2.67. The van der Waals surface area contributed by atoms with Crippen LogP contribution in [0.4, 0.5) is 0 Å². The molecule has 0 N–H and O–H groups in total. The van der Waals surface area contributed by atoms with Crippen LogP contribution in [0.5, 0.6) is 0 Å². The van der Waals surface area contributed by atoms with Crippen molar-refractivity contribution in [1.29, 1.82) is 0 Å². The van der Waals surface area contributed by atoms with Gasteiger partial charge in [-0.1, -0.05) is 18.2 Å². The molecule has 1 aromatic rings. The third-order valence-electron chi connectivity index (χ3n) is 3.72. The number of hydrogen-bond acceptors (Lipinski definition) is 8. The molecule has 0 spiro atoms. The van der Waals surface area contributed by atoms with Gasteiger partial charge in [0, 0.05) is 27.4 Å². The topological polar surface area (TPSA) is 97.4 Å². The van der Waals surface area contributed by atoms with Crippen molar-refractivity contribution < 1.29 is 38.1 Å². The van der Waals surface area contributed by atoms with Crippen LogP contribution in [-0.2, 0) is 33.3 Å². The first-order valence-electron chi connectivity index (χ1n) is 8.15. The average molecular weight is 366 g/mol. The number of esters is 3. The van der Waals surface area contributed by atoms with Crippen molar-refractivity contribution in [1.82, 2.24) is 0 Å². The lowest BCUT2D eigenvalue weighted by atomic mass is 10.0. The zero-order valence-corrected chi connectivity index (χ0v) is 14.9. The Morgan fingerprint density at radius 3 is 2.31 bits per heavy atom. The van der Waals surface area contributed by atoms with E-state index in [-0.39, 0.29) is 13.0 Å². The fraction of sp³-hybridized carbons (Fsp3) is 0.500. The normalized spacial score (nSPS) is 25.2. The Labute approximate surface area is 151 Å². The van der Waals surface area contributed by atoms with E-state index in [0.717, 1.165) is 0 Å². The van der Waals surface area contributed by atoms with E-state index in [2.05, 4.69) is 0 Å². The highest BCUT2D eigenvalue weighted by Crippen LogP contribution is 2.26. The maximum Gasteiger partial charge on any atom is 0.338 e. The van der Waals surface area contributed by atoms with Gasteiger partial charge in [0.15, 0.2) is 12.4 Å². The first-order chi connectivity index (χ1) is 12.4. The summed E-state index contributed by atoms with van der Waals surface area (Å²) in [4.78, 5) is 34.7. The van der Waals surface area contributed by atoms with E-state index in [0.29, 0.717) is 5.56 Å². The van der Waals surface area contributed by atoms with E-state index in [9.17, 15) is 14.4 Å². The molecule has 0 radical (unpaired) electrons. The zero-order valence-electron chi connectivity index (χ0n) is 14.9. The average Bonchev–Trinajstić information content (AvgIpc) is 2.61. The van der Waals surface area contributed by atoms with Crippen molar-refractivity contribution in [3.63, 3.8) is 0 Å². The van der Waals surface area contributed by atoms with Crippen LogP contribution in [0.2, 0.25) is 0 Å². The maximum absolute atomic E-state index is 12.0. The Morgan fingerprint density at radius 1 is 1.08 bits per heavy atom. The summed E-state index contributed by atoms with van der Waals surface area (Å²) in [6, 6.07) is 8.54. The number of carbonyl (C=O) groups excluding carboxylic acids is 3. The van der Waals surface area contributed by atoms with Gasteiger partial charge < -0.3 is 23.7 Å². The van der Waals surface area contributed by atoms with Crippen molar-refractivity contribution in [2.45, 2.75) is 44.9 Å². The Morgan fingerprint density at radius 2 is 1.73 bits per heavy atom. The lowest BCUT2D eigenvalue weighted by molar-refractivity contribution is -0.271. The van der Waals surface area contributed by atoms with Gasteiger partial charge in [-0.25, -0.2) is 4.79 Å². The molecule has 0 aliphatic carbocycles. The molecule has 0 amide bonds. The van der Waals surface area contributed by atoms with Crippen molar-refractivity contribution in [2.75, 3.05) is 13.7 Å². The molecule has 8 nitrogen and oxygen atoms in total. The second-order valence-electron chi connectivity index (χ2n) is 5.78. The zero-order chi connectivity index (χ0) is 19.1. The van der Waals surface area contributed by atoms with E-state index in [1.807, 2.05) is 0 Å². The standard InChI is InChI=1S/C18H22O8/c1-11(19)24-15-9-14(26-18(22-3)16(15)25-12(2)20)10-23-17(21)13-7-5-4-6-8-13/h4-8,14-16,18H,9-10H2,1-3H3/t14-,15-,16+,18-/m0/s1. The predicted molar refractivity (Wildman–Crippen MR) is 88.1 cm³/mol. The number of hydrogen-bond donors (Lipinski definition) is 0. The second-order valence-corrected chi connectivity index (χ2v) is 5.78. The van der Waals surface area contributed by atoms with Gasteiger partial charge in [-0.05, 0) is 12.1 Å². The Balaban J connectivity index is 2.02. The third-order valence-corrected chi connectivity index (χ3v) is 3.72. The maximum atomic E-state index is 12.0. The highest BCUT2D eigenvalue weighted by atomic mass is 16.7. The molecule has 0 unspecified atom stereocenters. The first-order valence-corrected chi connectivity index (χ1v) is 8.15. The smallest absolute Gasteiger partial charge is 0.338 e. The van der Waals surface area contributed by atoms with Gasteiger partial charge in [0.25, 0.3) is 0 Å². The van der Waals surface area contributed by atoms with Crippen molar-refractivity contribution in [3.05, 3.63) is 35.9 Å². The van der Waals surface area contributed by atoms with Crippen LogP contribution in [0.15, 0.2) is 30.3 Å². The van der Waals surface area contributed by atoms with Crippen LogP contribution in [0.25, 0.3) is 0 Å². The van der Waals surface area contributed by atoms with Crippen LogP contribution in [0.3, 0.4) is 0 Å². The summed E-state index contributed by atoms with van der Waals surface area (Å²) in [5.41, 5.74) is 0.418. The minimum atomic E-state index is -0.947.